The molecule has 0 N–H and O–H groups in total. The van der Waals surface area contributed by atoms with Crippen LogP contribution in [-0.2, 0) is 19.7 Å². The maximum atomic E-state index is 11.7. The van der Waals surface area contributed by atoms with Crippen LogP contribution in [0.2, 0.25) is 0 Å². The summed E-state index contributed by atoms with van der Waals surface area (Å²) in [7, 11) is -1.29. The summed E-state index contributed by atoms with van der Waals surface area (Å²) in [5.41, 5.74) is 0. The molecule has 14 heavy (non-hydrogen) atoms. The molecule has 0 spiro atoms. The minimum atomic E-state index is -3.71. The van der Waals surface area contributed by atoms with Crippen LogP contribution in [0.25, 0.3) is 0 Å². The highest BCUT2D eigenvalue weighted by atomic mass is 32.2. The van der Waals surface area contributed by atoms with Crippen molar-refractivity contribution in [1.29, 1.82) is 0 Å². The number of hydrogen-bond acceptors (Lipinski definition) is 4. The molecule has 0 saturated heterocycles. The van der Waals surface area contributed by atoms with E-state index in [9.17, 15) is 8.42 Å². The van der Waals surface area contributed by atoms with Gasteiger partial charge in [0.15, 0.2) is 0 Å². The zero-order chi connectivity index (χ0) is 10.6. The van der Waals surface area contributed by atoms with Gasteiger partial charge in [0.2, 0.25) is 0 Å². The van der Waals surface area contributed by atoms with Gasteiger partial charge >= 0.3 is 0 Å². The summed E-state index contributed by atoms with van der Waals surface area (Å²) in [6.07, 6.45) is 0. The van der Waals surface area contributed by atoms with Crippen molar-refractivity contribution in [2.75, 3.05) is 14.2 Å². The van der Waals surface area contributed by atoms with Crippen molar-refractivity contribution in [1.82, 2.24) is 4.63 Å². The van der Waals surface area contributed by atoms with Crippen LogP contribution in [-0.4, -0.2) is 27.3 Å². The Morgan fingerprint density at radius 1 is 1.07 bits per heavy atom. The molecule has 6 heteroatoms. The van der Waals surface area contributed by atoms with Gasteiger partial charge in [-0.25, -0.2) is 8.42 Å². The van der Waals surface area contributed by atoms with Crippen LogP contribution < -0.4 is 0 Å². The third-order valence-corrected chi connectivity index (χ3v) is 3.09. The topological polar surface area (TPSA) is 55.8 Å². The van der Waals surface area contributed by atoms with Gasteiger partial charge in [0.25, 0.3) is 10.0 Å². The Morgan fingerprint density at radius 3 is 2.00 bits per heavy atom. The van der Waals surface area contributed by atoms with Crippen molar-refractivity contribution in [3.63, 3.8) is 0 Å². The second-order valence-corrected chi connectivity index (χ2v) is 4.10. The van der Waals surface area contributed by atoms with E-state index in [1.54, 1.807) is 18.2 Å². The maximum absolute atomic E-state index is 11.7. The Kier molecular flexibility index (Phi) is 3.59. The standard InChI is InChI=1S/C8H11NO4S/c1-12-9(13-2)14(10,11)8-6-4-3-5-7-8/h3-7H,1-2H3. The van der Waals surface area contributed by atoms with E-state index in [2.05, 4.69) is 9.68 Å². The van der Waals surface area contributed by atoms with Gasteiger partial charge in [-0.05, 0) is 12.1 Å². The van der Waals surface area contributed by atoms with Crippen LogP contribution in [0.3, 0.4) is 0 Å². The molecular weight excluding hydrogens is 206 g/mol. The van der Waals surface area contributed by atoms with Crippen LogP contribution in [0.4, 0.5) is 0 Å². The van der Waals surface area contributed by atoms with E-state index in [0.29, 0.717) is 4.63 Å². The largest absolute Gasteiger partial charge is 0.288 e. The molecular formula is C8H11NO4S. The van der Waals surface area contributed by atoms with Crippen LogP contribution in [0.5, 0.6) is 0 Å². The number of benzene rings is 1. The molecule has 0 fully saturated rings. The Balaban J connectivity index is 3.08. The van der Waals surface area contributed by atoms with Crippen molar-refractivity contribution in [2.24, 2.45) is 0 Å². The van der Waals surface area contributed by atoms with Gasteiger partial charge in [-0.3, -0.25) is 9.68 Å². The minimum absolute atomic E-state index is 0.115. The fourth-order valence-corrected chi connectivity index (χ4v) is 2.02. The molecule has 1 rings (SSSR count). The molecule has 78 valence electrons. The van der Waals surface area contributed by atoms with Crippen molar-refractivity contribution in [2.45, 2.75) is 4.90 Å². The van der Waals surface area contributed by atoms with Crippen LogP contribution >= 0.6 is 0 Å². The average molecular weight is 217 g/mol. The highest BCUT2D eigenvalue weighted by Crippen LogP contribution is 2.14. The molecule has 0 aliphatic rings. The predicted molar refractivity (Wildman–Crippen MR) is 49.5 cm³/mol. The first-order valence-corrected chi connectivity index (χ1v) is 5.25. The second kappa shape index (κ2) is 4.52. The lowest BCUT2D eigenvalue weighted by atomic mass is 10.4. The van der Waals surface area contributed by atoms with Crippen molar-refractivity contribution >= 4 is 10.0 Å². The molecule has 0 unspecified atom stereocenters. The second-order valence-electron chi connectivity index (χ2n) is 2.38. The van der Waals surface area contributed by atoms with Gasteiger partial charge in [0, 0.05) is 0 Å². The van der Waals surface area contributed by atoms with Crippen molar-refractivity contribution in [3.05, 3.63) is 30.3 Å². The van der Waals surface area contributed by atoms with Crippen molar-refractivity contribution in [3.8, 4) is 0 Å². The molecule has 1 aromatic carbocycles. The van der Waals surface area contributed by atoms with Gasteiger partial charge in [-0.2, -0.15) is 0 Å². The van der Waals surface area contributed by atoms with E-state index in [0.717, 1.165) is 0 Å². The van der Waals surface area contributed by atoms with Crippen LogP contribution in [0.15, 0.2) is 35.2 Å². The molecule has 0 aliphatic carbocycles. The Bertz CT molecular complexity index is 372. The summed E-state index contributed by atoms with van der Waals surface area (Å²) in [6.45, 7) is 0. The van der Waals surface area contributed by atoms with E-state index in [4.69, 9.17) is 0 Å². The van der Waals surface area contributed by atoms with Gasteiger partial charge in [-0.15, -0.1) is 0 Å². The molecule has 0 atom stereocenters. The number of sulfonamides is 1. The fraction of sp³-hybridized carbons (Fsp3) is 0.250. The molecule has 0 radical (unpaired) electrons. The summed E-state index contributed by atoms with van der Waals surface area (Å²) in [5, 5.41) is 0. The van der Waals surface area contributed by atoms with E-state index < -0.39 is 10.0 Å². The minimum Gasteiger partial charge on any atom is -0.264 e. The van der Waals surface area contributed by atoms with Gasteiger partial charge in [0.05, 0.1) is 23.7 Å². The molecule has 0 aromatic heterocycles. The van der Waals surface area contributed by atoms with Gasteiger partial charge in [-0.1, -0.05) is 18.2 Å². The molecule has 0 heterocycles. The summed E-state index contributed by atoms with van der Waals surface area (Å²) < 4.78 is 23.8. The lowest BCUT2D eigenvalue weighted by Crippen LogP contribution is -2.28. The fourth-order valence-electron chi connectivity index (χ4n) is 0.949. The lowest BCUT2D eigenvalue weighted by Gasteiger charge is -2.15. The van der Waals surface area contributed by atoms with Crippen molar-refractivity contribution < 1.29 is 18.1 Å². The van der Waals surface area contributed by atoms with E-state index >= 15 is 0 Å². The molecule has 0 amide bonds. The van der Waals surface area contributed by atoms with E-state index in [1.807, 2.05) is 0 Å². The lowest BCUT2D eigenvalue weighted by molar-refractivity contribution is -0.270. The molecule has 1 aromatic rings. The summed E-state index contributed by atoms with van der Waals surface area (Å²) >= 11 is 0. The number of hydrogen-bond donors (Lipinski definition) is 0. The quantitative estimate of drug-likeness (QED) is 0.700. The van der Waals surface area contributed by atoms with E-state index in [1.165, 1.54) is 26.4 Å². The Labute approximate surface area is 82.8 Å². The SMILES string of the molecule is CON(OC)S(=O)(=O)c1ccccc1. The number of rotatable bonds is 4. The molecule has 5 nitrogen and oxygen atoms in total. The normalized spacial score (nSPS) is 11.9. The monoisotopic (exact) mass is 217 g/mol. The molecule has 0 bridgehead atoms. The zero-order valence-corrected chi connectivity index (χ0v) is 8.69. The first-order chi connectivity index (χ1) is 6.62. The maximum Gasteiger partial charge on any atom is 0.288 e. The first-order valence-electron chi connectivity index (χ1n) is 3.81. The summed E-state index contributed by atoms with van der Waals surface area (Å²) in [4.78, 5) is 9.20. The summed E-state index contributed by atoms with van der Waals surface area (Å²) in [6, 6.07) is 7.89. The third-order valence-electron chi connectivity index (χ3n) is 1.54. The van der Waals surface area contributed by atoms with E-state index in [-0.39, 0.29) is 4.90 Å². The van der Waals surface area contributed by atoms with Gasteiger partial charge in [0.1, 0.15) is 0 Å². The smallest absolute Gasteiger partial charge is 0.264 e. The average Bonchev–Trinajstić information content (AvgIpc) is 2.20. The van der Waals surface area contributed by atoms with Gasteiger partial charge < -0.3 is 0 Å². The highest BCUT2D eigenvalue weighted by Gasteiger charge is 2.24. The molecule has 0 aliphatic heterocycles. The van der Waals surface area contributed by atoms with Crippen LogP contribution in [0, 0.1) is 0 Å². The third kappa shape index (κ3) is 2.10. The first kappa shape index (κ1) is 11.1. The molecule has 0 saturated carbocycles. The predicted octanol–water partition coefficient (Wildman–Crippen LogP) is 0.800. The Hall–Kier alpha value is -0.950. The highest BCUT2D eigenvalue weighted by molar-refractivity contribution is 7.88. The van der Waals surface area contributed by atoms with Crippen LogP contribution in [0.1, 0.15) is 0 Å². The summed E-state index contributed by atoms with van der Waals surface area (Å²) in [5.74, 6) is 0. The Morgan fingerprint density at radius 2 is 1.57 bits per heavy atom. The number of nitrogens with zero attached hydrogens (tertiary/aromatic N) is 1. The zero-order valence-electron chi connectivity index (χ0n) is 7.88.